The molecule has 6 aromatic carbocycles. The van der Waals surface area contributed by atoms with Crippen molar-refractivity contribution < 1.29 is 23.3 Å². The fraction of sp³-hybridized carbons (Fsp3) is 0.222. The average molecular weight is 665 g/mol. The molecule has 4 heteroatoms. The van der Waals surface area contributed by atoms with Crippen LogP contribution in [0.25, 0.3) is 43.1 Å². The Hall–Kier alpha value is -1.70. The Morgan fingerprint density at radius 1 is 0.500 bits per heavy atom. The number of fused-ring (bicyclic) bond motifs is 6. The van der Waals surface area contributed by atoms with Crippen molar-refractivity contribution in [1.29, 1.82) is 0 Å². The van der Waals surface area contributed by atoms with Crippen LogP contribution in [0.15, 0.2) is 97.1 Å². The van der Waals surface area contributed by atoms with E-state index in [1.807, 2.05) is 0 Å². The Morgan fingerprint density at radius 2 is 0.800 bits per heavy atom. The number of rotatable bonds is 0. The number of benzene rings is 4. The van der Waals surface area contributed by atoms with Gasteiger partial charge in [0.2, 0.25) is 0 Å². The van der Waals surface area contributed by atoms with Gasteiger partial charge >= 0.3 is 30.2 Å². The molecule has 0 heterocycles. The van der Waals surface area contributed by atoms with Gasteiger partial charge in [-0.25, -0.2) is 0 Å². The molecule has 212 valence electrons. The van der Waals surface area contributed by atoms with E-state index in [9.17, 15) is 0 Å². The van der Waals surface area contributed by atoms with Crippen molar-refractivity contribution >= 4 is 74.8 Å². The topological polar surface area (TPSA) is 0 Å². The van der Waals surface area contributed by atoms with E-state index in [1.165, 1.54) is 77.6 Å². The fourth-order valence-electron chi connectivity index (χ4n) is 4.79. The molecule has 0 aliphatic rings. The Balaban J connectivity index is 0.000000655. The van der Waals surface area contributed by atoms with E-state index in [2.05, 4.69) is 145 Å². The number of hydrogen-bond donors (Lipinski definition) is 0. The zero-order valence-corrected chi connectivity index (χ0v) is 30.1. The standard InChI is InChI=1S/2C17H17.2CH3.2ClH.Si.Zr/c2*1-17(2,3)14-10-13-9-8-12-6-4-5-7-15(12)16(13)11-14;;;;;;/h2*4-11H,1-3H3;2*1H3;2*1H;;/q4*-1;;;;. The molecule has 0 atom stereocenters. The van der Waals surface area contributed by atoms with E-state index in [1.54, 1.807) is 0 Å². The van der Waals surface area contributed by atoms with E-state index in [-0.39, 0.29) is 50.5 Å². The van der Waals surface area contributed by atoms with Crippen LogP contribution in [0, 0.1) is 14.9 Å². The van der Waals surface area contributed by atoms with Crippen LogP contribution < -0.4 is 0 Å². The van der Waals surface area contributed by atoms with Crippen molar-refractivity contribution in [3.63, 3.8) is 0 Å². The van der Waals surface area contributed by atoms with E-state index in [4.69, 9.17) is 0 Å². The predicted molar refractivity (Wildman–Crippen MR) is 185 cm³/mol. The van der Waals surface area contributed by atoms with Gasteiger partial charge in [-0.2, -0.15) is 12.1 Å². The summed E-state index contributed by atoms with van der Waals surface area (Å²) in [6.45, 7) is 16.7. The first-order valence-electron chi connectivity index (χ1n) is 12.5. The minimum atomic E-state index is 0. The molecule has 6 rings (SSSR count). The number of hydrogen-bond acceptors (Lipinski definition) is 0. The van der Waals surface area contributed by atoms with E-state index in [0.29, 0.717) is 0 Å². The van der Waals surface area contributed by atoms with Gasteiger partial charge in [0.05, 0.1) is 0 Å². The van der Waals surface area contributed by atoms with Crippen molar-refractivity contribution in [2.24, 2.45) is 0 Å². The van der Waals surface area contributed by atoms with E-state index >= 15 is 0 Å². The Bertz CT molecular complexity index is 1520. The van der Waals surface area contributed by atoms with Crippen LogP contribution in [0.2, 0.25) is 0 Å². The Morgan fingerprint density at radius 3 is 1.12 bits per heavy atom. The monoisotopic (exact) mass is 662 g/mol. The van der Waals surface area contributed by atoms with Crippen molar-refractivity contribution in [3.05, 3.63) is 123 Å². The van der Waals surface area contributed by atoms with Gasteiger partial charge in [0.15, 0.2) is 0 Å². The van der Waals surface area contributed by atoms with Crippen molar-refractivity contribution in [3.8, 4) is 0 Å². The zero-order valence-electron chi connectivity index (χ0n) is 25.1. The van der Waals surface area contributed by atoms with Crippen LogP contribution in [0.1, 0.15) is 52.7 Å². The molecule has 0 saturated heterocycles. The van der Waals surface area contributed by atoms with E-state index < -0.39 is 0 Å². The van der Waals surface area contributed by atoms with Gasteiger partial charge in [-0.3, -0.25) is 0 Å². The molecule has 0 aliphatic carbocycles. The normalized spacial score (nSPS) is 10.6. The molecular formula is C36H42Cl2SiZr-4. The van der Waals surface area contributed by atoms with Gasteiger partial charge in [0, 0.05) is 0 Å². The quantitative estimate of drug-likeness (QED) is 0.112. The van der Waals surface area contributed by atoms with Crippen LogP contribution in [0.4, 0.5) is 0 Å². The summed E-state index contributed by atoms with van der Waals surface area (Å²) in [5.74, 6) is 0. The van der Waals surface area contributed by atoms with Crippen molar-refractivity contribution in [1.82, 2.24) is 0 Å². The molecule has 0 amide bonds. The summed E-state index contributed by atoms with van der Waals surface area (Å²) in [7, 11) is 0. The third-order valence-corrected chi connectivity index (χ3v) is 6.96. The van der Waals surface area contributed by atoms with Gasteiger partial charge in [0.25, 0.3) is 0 Å². The maximum atomic E-state index is 3.06. The summed E-state index contributed by atoms with van der Waals surface area (Å²) >= 11 is 1.36. The molecule has 0 fully saturated rings. The first-order chi connectivity index (χ1) is 17.1. The molecular weight excluding hydrogens is 623 g/mol. The fourth-order valence-corrected chi connectivity index (χ4v) is 4.79. The van der Waals surface area contributed by atoms with Gasteiger partial charge in [-0.1, -0.05) is 124 Å². The molecule has 40 heavy (non-hydrogen) atoms. The van der Waals surface area contributed by atoms with Gasteiger partial charge in [0.1, 0.15) is 0 Å². The third kappa shape index (κ3) is 8.19. The molecule has 2 radical (unpaired) electrons. The van der Waals surface area contributed by atoms with Crippen LogP contribution in [-0.2, 0) is 34.2 Å². The Labute approximate surface area is 271 Å². The SMILES string of the molecule is CC(C)(C)c1cc2ccc3ccccc3c2[cH-]1.CC(C)(C)c1cc2ccc3ccccc3c2[cH-]1.Cl.Cl.[CH3-].[CH3-].[Si]=[Zr]. The molecule has 0 aromatic heterocycles. The van der Waals surface area contributed by atoms with Crippen LogP contribution in [-0.4, -0.2) is 6.88 Å². The third-order valence-electron chi connectivity index (χ3n) is 6.96. The molecule has 0 aliphatic heterocycles. The zero-order chi connectivity index (χ0) is 26.1. The Kier molecular flexibility index (Phi) is 14.8. The summed E-state index contributed by atoms with van der Waals surface area (Å²) in [6.07, 6.45) is 0. The second kappa shape index (κ2) is 15.5. The molecule has 6 aromatic rings. The van der Waals surface area contributed by atoms with Crippen LogP contribution in [0.3, 0.4) is 0 Å². The first kappa shape index (κ1) is 38.3. The molecule has 0 N–H and O–H groups in total. The summed E-state index contributed by atoms with van der Waals surface area (Å²) in [5.41, 5.74) is 3.29. The average Bonchev–Trinajstić information content (AvgIpc) is 3.51. The molecule has 0 spiro atoms. The first-order valence-corrected chi connectivity index (χ1v) is 16.7. The summed E-state index contributed by atoms with van der Waals surface area (Å²) in [4.78, 5) is 0. The van der Waals surface area contributed by atoms with E-state index in [0.717, 1.165) is 0 Å². The maximum absolute atomic E-state index is 3.06. The van der Waals surface area contributed by atoms with Gasteiger partial charge in [-0.15, -0.1) is 81.8 Å². The van der Waals surface area contributed by atoms with Crippen LogP contribution in [0.5, 0.6) is 0 Å². The molecule has 0 saturated carbocycles. The minimum absolute atomic E-state index is 0. The summed E-state index contributed by atoms with van der Waals surface area (Å²) in [6, 6.07) is 35.4. The predicted octanol–water partition coefficient (Wildman–Crippen LogP) is 11.4. The second-order valence-electron chi connectivity index (χ2n) is 11.6. The van der Waals surface area contributed by atoms with Crippen LogP contribution >= 0.6 is 24.8 Å². The number of halogens is 2. The summed E-state index contributed by atoms with van der Waals surface area (Å²) in [5, 5.41) is 10.8. The van der Waals surface area contributed by atoms with Crippen molar-refractivity contribution in [2.75, 3.05) is 0 Å². The van der Waals surface area contributed by atoms with Crippen molar-refractivity contribution in [2.45, 2.75) is 52.4 Å². The summed E-state index contributed by atoms with van der Waals surface area (Å²) < 4.78 is 0. The molecule has 0 bridgehead atoms. The molecule has 0 unspecified atom stereocenters. The van der Waals surface area contributed by atoms with Gasteiger partial charge < -0.3 is 14.9 Å². The second-order valence-corrected chi connectivity index (χ2v) is 11.6. The molecule has 0 nitrogen and oxygen atoms in total. The van der Waals surface area contributed by atoms with Gasteiger partial charge in [-0.05, 0) is 10.8 Å².